The summed E-state index contributed by atoms with van der Waals surface area (Å²) in [6, 6.07) is 0. The minimum absolute atomic E-state index is 0.573. The maximum Gasteiger partial charge on any atom is 0.331 e. The van der Waals surface area contributed by atoms with E-state index in [0.717, 1.165) is 0 Å². The van der Waals surface area contributed by atoms with E-state index in [1.54, 1.807) is 0 Å². The van der Waals surface area contributed by atoms with Crippen LogP contribution < -0.4 is 5.73 Å². The highest BCUT2D eigenvalue weighted by molar-refractivity contribution is 5.91. The number of aliphatic hydroxyl groups is 1. The Morgan fingerprint density at radius 3 is 2.31 bits per heavy atom. The minimum atomic E-state index is -1.31. The molecule has 0 aliphatic heterocycles. The molecule has 0 rings (SSSR count). The van der Waals surface area contributed by atoms with Gasteiger partial charge in [-0.3, -0.25) is 4.79 Å². The number of aliphatic hydroxyl groups excluding tert-OH is 1. The monoisotopic (exact) mass is 231 g/mol. The van der Waals surface area contributed by atoms with E-state index in [-0.39, 0.29) is 0 Å². The van der Waals surface area contributed by atoms with Crippen molar-refractivity contribution < 1.29 is 29.3 Å². The molecule has 0 fully saturated rings. The maximum absolute atomic E-state index is 11.0. The Bertz CT molecular complexity index is 311. The van der Waals surface area contributed by atoms with Gasteiger partial charge in [-0.1, -0.05) is 0 Å². The van der Waals surface area contributed by atoms with Gasteiger partial charge >= 0.3 is 11.9 Å². The average Bonchev–Trinajstić information content (AvgIpc) is 2.21. The molecule has 0 bridgehead atoms. The van der Waals surface area contributed by atoms with Crippen molar-refractivity contribution in [3.63, 3.8) is 0 Å². The van der Waals surface area contributed by atoms with E-state index in [4.69, 9.17) is 15.9 Å². The number of primary amides is 1. The predicted molar refractivity (Wildman–Crippen MR) is 52.1 cm³/mol. The second-order valence-electron chi connectivity index (χ2n) is 3.02. The molecule has 2 atom stereocenters. The molecule has 16 heavy (non-hydrogen) atoms. The van der Waals surface area contributed by atoms with Gasteiger partial charge in [-0.05, 0) is 6.92 Å². The summed E-state index contributed by atoms with van der Waals surface area (Å²) in [4.78, 5) is 31.8. The molecule has 0 aliphatic carbocycles. The van der Waals surface area contributed by atoms with Gasteiger partial charge in [-0.25, -0.2) is 9.59 Å². The van der Waals surface area contributed by atoms with Crippen molar-refractivity contribution in [2.24, 2.45) is 11.7 Å². The number of hydrogen-bond acceptors (Lipinski definition) is 5. The van der Waals surface area contributed by atoms with Crippen LogP contribution in [0.4, 0.5) is 0 Å². The fourth-order valence-electron chi connectivity index (χ4n) is 0.808. The molecule has 4 N–H and O–H groups in total. The summed E-state index contributed by atoms with van der Waals surface area (Å²) in [6.07, 6.45) is 0.188. The number of carbonyl (C=O) groups excluding carboxylic acids is 2. The molecule has 0 aromatic heterocycles. The third-order valence-corrected chi connectivity index (χ3v) is 1.82. The minimum Gasteiger partial charge on any atom is -0.478 e. The van der Waals surface area contributed by atoms with Crippen LogP contribution in [0.25, 0.3) is 0 Å². The van der Waals surface area contributed by atoms with Crippen LogP contribution in [0.15, 0.2) is 12.2 Å². The Kier molecular flexibility index (Phi) is 5.79. The Labute approximate surface area is 91.5 Å². The van der Waals surface area contributed by atoms with Gasteiger partial charge in [0.2, 0.25) is 5.91 Å². The van der Waals surface area contributed by atoms with Crippen LogP contribution in [0.3, 0.4) is 0 Å². The Hall–Kier alpha value is -1.89. The highest BCUT2D eigenvalue weighted by atomic mass is 16.6. The fraction of sp³-hybridized carbons (Fsp3) is 0.444. The fourth-order valence-corrected chi connectivity index (χ4v) is 0.808. The van der Waals surface area contributed by atoms with Crippen molar-refractivity contribution in [3.8, 4) is 0 Å². The van der Waals surface area contributed by atoms with Crippen molar-refractivity contribution >= 4 is 17.8 Å². The second-order valence-corrected chi connectivity index (χ2v) is 3.02. The average molecular weight is 231 g/mol. The number of hydrogen-bond donors (Lipinski definition) is 3. The number of nitrogens with two attached hydrogens (primary N) is 1. The summed E-state index contributed by atoms with van der Waals surface area (Å²) in [5.41, 5.74) is 4.96. The van der Waals surface area contributed by atoms with Gasteiger partial charge in [0.25, 0.3) is 0 Å². The lowest BCUT2D eigenvalue weighted by atomic mass is 10.1. The molecule has 0 spiro atoms. The van der Waals surface area contributed by atoms with Gasteiger partial charge in [-0.15, -0.1) is 0 Å². The van der Waals surface area contributed by atoms with E-state index in [1.165, 1.54) is 6.92 Å². The van der Waals surface area contributed by atoms with E-state index in [1.807, 2.05) is 0 Å². The number of rotatable bonds is 6. The summed E-state index contributed by atoms with van der Waals surface area (Å²) < 4.78 is 4.63. The molecule has 0 aromatic rings. The standard InChI is InChI=1S/C9H13NO6/c1-5(9(10)15)6(4-11)16-8(14)3-2-7(12)13/h2-3,5-6,11H,4H2,1H3,(H2,10,15)(H,12,13)/b3-2+/t5?,6-/m1/s1. The van der Waals surface area contributed by atoms with Crippen molar-refractivity contribution in [3.05, 3.63) is 12.2 Å². The largest absolute Gasteiger partial charge is 0.478 e. The smallest absolute Gasteiger partial charge is 0.331 e. The number of carboxylic acids is 1. The van der Waals surface area contributed by atoms with Crippen LogP contribution in [0.5, 0.6) is 0 Å². The molecule has 7 nitrogen and oxygen atoms in total. The molecule has 0 aliphatic rings. The molecule has 1 unspecified atom stereocenters. The molecule has 1 amide bonds. The van der Waals surface area contributed by atoms with Gasteiger partial charge in [-0.2, -0.15) is 0 Å². The first-order valence-electron chi connectivity index (χ1n) is 4.40. The highest BCUT2D eigenvalue weighted by Crippen LogP contribution is 2.07. The Balaban J connectivity index is 4.38. The highest BCUT2D eigenvalue weighted by Gasteiger charge is 2.24. The third kappa shape index (κ3) is 5.11. The number of aliphatic carboxylic acids is 1. The first-order chi connectivity index (χ1) is 7.38. The molecule has 0 radical (unpaired) electrons. The number of ether oxygens (including phenoxy) is 1. The number of amides is 1. The number of esters is 1. The van der Waals surface area contributed by atoms with Crippen molar-refractivity contribution in [2.45, 2.75) is 13.0 Å². The molecule has 0 aromatic carbocycles. The van der Waals surface area contributed by atoms with Gasteiger partial charge in [0, 0.05) is 12.2 Å². The first kappa shape index (κ1) is 14.1. The molecular formula is C9H13NO6. The molecule has 0 saturated heterocycles. The zero-order chi connectivity index (χ0) is 12.7. The van der Waals surface area contributed by atoms with Crippen molar-refractivity contribution in [1.82, 2.24) is 0 Å². The summed E-state index contributed by atoms with van der Waals surface area (Å²) in [6.45, 7) is 0.814. The van der Waals surface area contributed by atoms with Crippen LogP contribution in [-0.2, 0) is 19.1 Å². The van der Waals surface area contributed by atoms with E-state index in [0.29, 0.717) is 12.2 Å². The second kappa shape index (κ2) is 6.57. The maximum atomic E-state index is 11.0. The Morgan fingerprint density at radius 2 is 1.94 bits per heavy atom. The molecular weight excluding hydrogens is 218 g/mol. The van der Waals surface area contributed by atoms with Crippen molar-refractivity contribution in [2.75, 3.05) is 6.61 Å². The summed E-state index contributed by atoms with van der Waals surface area (Å²) >= 11 is 0. The topological polar surface area (TPSA) is 127 Å². The van der Waals surface area contributed by atoms with Gasteiger partial charge < -0.3 is 20.7 Å². The van der Waals surface area contributed by atoms with Crippen LogP contribution in [-0.4, -0.2) is 40.8 Å². The number of carboxylic acid groups (broad SMARTS) is 1. The van der Waals surface area contributed by atoms with Crippen LogP contribution in [0, 0.1) is 5.92 Å². The lowest BCUT2D eigenvalue weighted by Gasteiger charge is -2.18. The number of carbonyl (C=O) groups is 3. The predicted octanol–water partition coefficient (Wildman–Crippen LogP) is -1.35. The van der Waals surface area contributed by atoms with E-state index >= 15 is 0 Å². The SMILES string of the molecule is CC(C(N)=O)[C@@H](CO)OC(=O)/C=C/C(=O)O. The molecule has 0 heterocycles. The lowest BCUT2D eigenvalue weighted by molar-refractivity contribution is -0.150. The van der Waals surface area contributed by atoms with Gasteiger partial charge in [0.15, 0.2) is 0 Å². The summed E-state index contributed by atoms with van der Waals surface area (Å²) in [7, 11) is 0. The zero-order valence-corrected chi connectivity index (χ0v) is 8.62. The van der Waals surface area contributed by atoms with Gasteiger partial charge in [0.05, 0.1) is 12.5 Å². The van der Waals surface area contributed by atoms with Crippen LogP contribution in [0.2, 0.25) is 0 Å². The first-order valence-corrected chi connectivity index (χ1v) is 4.40. The molecule has 7 heteroatoms. The quantitative estimate of drug-likeness (QED) is 0.383. The summed E-state index contributed by atoms with van der Waals surface area (Å²) in [5.74, 6) is -3.85. The zero-order valence-electron chi connectivity index (χ0n) is 8.62. The third-order valence-electron chi connectivity index (χ3n) is 1.82. The van der Waals surface area contributed by atoms with E-state index in [9.17, 15) is 14.4 Å². The van der Waals surface area contributed by atoms with E-state index < -0.39 is 36.5 Å². The summed E-state index contributed by atoms with van der Waals surface area (Å²) in [5, 5.41) is 17.1. The van der Waals surface area contributed by atoms with Crippen molar-refractivity contribution in [1.29, 1.82) is 0 Å². The Morgan fingerprint density at radius 1 is 1.38 bits per heavy atom. The van der Waals surface area contributed by atoms with E-state index in [2.05, 4.69) is 4.74 Å². The normalized spacial score (nSPS) is 14.4. The molecule has 90 valence electrons. The lowest BCUT2D eigenvalue weighted by Crippen LogP contribution is -2.36. The molecule has 0 saturated carbocycles. The van der Waals surface area contributed by atoms with Crippen LogP contribution in [0.1, 0.15) is 6.92 Å². The van der Waals surface area contributed by atoms with Gasteiger partial charge in [0.1, 0.15) is 6.10 Å². The van der Waals surface area contributed by atoms with Crippen LogP contribution >= 0.6 is 0 Å².